The maximum absolute atomic E-state index is 13.3. The highest BCUT2D eigenvalue weighted by atomic mass is 16.2. The molecule has 2 saturated heterocycles. The van der Waals surface area contributed by atoms with E-state index in [4.69, 9.17) is 0 Å². The van der Waals surface area contributed by atoms with Gasteiger partial charge in [0.05, 0.1) is 11.4 Å². The minimum atomic E-state index is -0.00351. The third-order valence-electron chi connectivity index (χ3n) is 7.93. The van der Waals surface area contributed by atoms with E-state index in [9.17, 15) is 14.4 Å². The van der Waals surface area contributed by atoms with E-state index in [0.717, 1.165) is 57.4 Å². The SMILES string of the molecule is O=C(Nc1cc(C(=O)N2CCNCC2)ccc1N1CCCN(C(=O)c2ccncc2)CC1)C1CCCCC1. The number of aromatic nitrogens is 1. The average Bonchev–Trinajstić information content (AvgIpc) is 3.24. The van der Waals surface area contributed by atoms with Gasteiger partial charge in [0.1, 0.15) is 0 Å². The molecule has 202 valence electrons. The molecule has 1 aromatic carbocycles. The van der Waals surface area contributed by atoms with Gasteiger partial charge in [-0.05, 0) is 49.6 Å². The first-order chi connectivity index (χ1) is 18.6. The Balaban J connectivity index is 1.36. The molecule has 9 heteroatoms. The van der Waals surface area contributed by atoms with Crippen LogP contribution >= 0.6 is 0 Å². The summed E-state index contributed by atoms with van der Waals surface area (Å²) in [6.45, 7) is 5.59. The number of pyridine rings is 1. The van der Waals surface area contributed by atoms with Crippen LogP contribution in [0.3, 0.4) is 0 Å². The second kappa shape index (κ2) is 12.4. The topological polar surface area (TPSA) is 97.9 Å². The van der Waals surface area contributed by atoms with Crippen molar-refractivity contribution in [2.75, 3.05) is 62.6 Å². The average molecular weight is 519 g/mol. The van der Waals surface area contributed by atoms with Crippen LogP contribution in [0.5, 0.6) is 0 Å². The van der Waals surface area contributed by atoms with Crippen LogP contribution in [-0.2, 0) is 4.79 Å². The summed E-state index contributed by atoms with van der Waals surface area (Å²) in [5, 5.41) is 6.49. The molecule has 2 aliphatic heterocycles. The molecule has 5 rings (SSSR count). The van der Waals surface area contributed by atoms with Crippen molar-refractivity contribution < 1.29 is 14.4 Å². The molecule has 0 spiro atoms. The van der Waals surface area contributed by atoms with Crippen molar-refractivity contribution >= 4 is 29.1 Å². The molecule has 3 amide bonds. The van der Waals surface area contributed by atoms with Crippen molar-refractivity contribution in [2.24, 2.45) is 5.92 Å². The van der Waals surface area contributed by atoms with E-state index >= 15 is 0 Å². The predicted molar refractivity (Wildman–Crippen MR) is 147 cm³/mol. The summed E-state index contributed by atoms with van der Waals surface area (Å²) < 4.78 is 0. The normalized spacial score (nSPS) is 19.1. The Morgan fingerprint density at radius 3 is 2.24 bits per heavy atom. The number of hydrogen-bond donors (Lipinski definition) is 2. The summed E-state index contributed by atoms with van der Waals surface area (Å²) in [6, 6.07) is 9.19. The zero-order valence-corrected chi connectivity index (χ0v) is 22.0. The van der Waals surface area contributed by atoms with E-state index in [0.29, 0.717) is 49.5 Å². The number of carbonyl (C=O) groups is 3. The third kappa shape index (κ3) is 6.15. The summed E-state index contributed by atoms with van der Waals surface area (Å²) in [4.78, 5) is 49.5. The van der Waals surface area contributed by atoms with E-state index in [1.807, 2.05) is 28.0 Å². The zero-order chi connectivity index (χ0) is 26.3. The molecule has 1 saturated carbocycles. The van der Waals surface area contributed by atoms with Crippen LogP contribution in [0.2, 0.25) is 0 Å². The first-order valence-electron chi connectivity index (χ1n) is 14.0. The molecule has 9 nitrogen and oxygen atoms in total. The minimum absolute atomic E-state index is 0.00351. The Labute approximate surface area is 224 Å². The number of carbonyl (C=O) groups excluding carboxylic acids is 3. The van der Waals surface area contributed by atoms with Crippen molar-refractivity contribution in [1.82, 2.24) is 20.1 Å². The molecule has 3 heterocycles. The number of anilines is 2. The van der Waals surface area contributed by atoms with Crippen LogP contribution in [0.4, 0.5) is 11.4 Å². The van der Waals surface area contributed by atoms with Gasteiger partial charge in [-0.1, -0.05) is 19.3 Å². The fraction of sp³-hybridized carbons (Fsp3) is 0.517. The van der Waals surface area contributed by atoms with E-state index in [1.165, 1.54) is 6.42 Å². The molecule has 0 unspecified atom stereocenters. The molecule has 3 fully saturated rings. The monoisotopic (exact) mass is 518 g/mol. The van der Waals surface area contributed by atoms with Crippen molar-refractivity contribution in [3.8, 4) is 0 Å². The number of nitrogens with zero attached hydrogens (tertiary/aromatic N) is 4. The van der Waals surface area contributed by atoms with Crippen molar-refractivity contribution in [2.45, 2.75) is 38.5 Å². The highest BCUT2D eigenvalue weighted by Crippen LogP contribution is 2.31. The van der Waals surface area contributed by atoms with E-state index in [1.54, 1.807) is 24.5 Å². The molecular weight excluding hydrogens is 480 g/mol. The van der Waals surface area contributed by atoms with Crippen LogP contribution < -0.4 is 15.5 Å². The Kier molecular flexibility index (Phi) is 8.53. The Bertz CT molecular complexity index is 1130. The second-order valence-electron chi connectivity index (χ2n) is 10.5. The maximum atomic E-state index is 13.3. The number of rotatable bonds is 5. The summed E-state index contributed by atoms with van der Waals surface area (Å²) in [7, 11) is 0. The van der Waals surface area contributed by atoms with Crippen LogP contribution in [0.1, 0.15) is 59.2 Å². The molecule has 0 radical (unpaired) electrons. The lowest BCUT2D eigenvalue weighted by atomic mass is 9.88. The zero-order valence-electron chi connectivity index (χ0n) is 22.0. The van der Waals surface area contributed by atoms with Crippen LogP contribution in [0, 0.1) is 5.92 Å². The van der Waals surface area contributed by atoms with Crippen molar-refractivity contribution in [3.63, 3.8) is 0 Å². The van der Waals surface area contributed by atoms with Gasteiger partial charge in [-0.2, -0.15) is 0 Å². The van der Waals surface area contributed by atoms with Gasteiger partial charge in [0, 0.05) is 81.8 Å². The van der Waals surface area contributed by atoms with E-state index in [-0.39, 0.29) is 23.6 Å². The molecule has 1 aromatic heterocycles. The Hall–Kier alpha value is -3.46. The van der Waals surface area contributed by atoms with Gasteiger partial charge in [-0.15, -0.1) is 0 Å². The summed E-state index contributed by atoms with van der Waals surface area (Å²) in [5.41, 5.74) is 2.84. The standard InChI is InChI=1S/C29H38N6O3/c36-27(22-5-2-1-3-6-22)32-25-21-24(29(38)35-17-13-31-14-18-35)7-8-26(25)33-15-4-16-34(20-19-33)28(37)23-9-11-30-12-10-23/h7-12,21-22,31H,1-6,13-20H2,(H,32,36). The molecule has 1 aliphatic carbocycles. The van der Waals surface area contributed by atoms with Gasteiger partial charge in [-0.25, -0.2) is 0 Å². The molecule has 0 bridgehead atoms. The molecule has 38 heavy (non-hydrogen) atoms. The van der Waals surface area contributed by atoms with Gasteiger partial charge >= 0.3 is 0 Å². The van der Waals surface area contributed by atoms with Gasteiger partial charge in [0.2, 0.25) is 5.91 Å². The van der Waals surface area contributed by atoms with E-state index in [2.05, 4.69) is 20.5 Å². The van der Waals surface area contributed by atoms with Gasteiger partial charge in [-0.3, -0.25) is 19.4 Å². The first-order valence-corrected chi connectivity index (χ1v) is 14.0. The van der Waals surface area contributed by atoms with Gasteiger partial charge in [0.15, 0.2) is 0 Å². The maximum Gasteiger partial charge on any atom is 0.254 e. The summed E-state index contributed by atoms with van der Waals surface area (Å²) in [5.74, 6) is 0.0667. The fourth-order valence-electron chi connectivity index (χ4n) is 5.73. The highest BCUT2D eigenvalue weighted by molar-refractivity contribution is 6.00. The smallest absolute Gasteiger partial charge is 0.254 e. The summed E-state index contributed by atoms with van der Waals surface area (Å²) >= 11 is 0. The molecule has 2 N–H and O–H groups in total. The quantitative estimate of drug-likeness (QED) is 0.632. The molecular formula is C29H38N6O3. The lowest BCUT2D eigenvalue weighted by molar-refractivity contribution is -0.120. The Morgan fingerprint density at radius 2 is 1.47 bits per heavy atom. The Morgan fingerprint density at radius 1 is 0.763 bits per heavy atom. The van der Waals surface area contributed by atoms with E-state index < -0.39 is 0 Å². The van der Waals surface area contributed by atoms with Gasteiger partial charge in [0.25, 0.3) is 11.8 Å². The third-order valence-corrected chi connectivity index (χ3v) is 7.93. The number of piperazine rings is 1. The van der Waals surface area contributed by atoms with Crippen LogP contribution in [0.25, 0.3) is 0 Å². The van der Waals surface area contributed by atoms with Crippen molar-refractivity contribution in [1.29, 1.82) is 0 Å². The molecule has 2 aromatic rings. The lowest BCUT2D eigenvalue weighted by Crippen LogP contribution is -2.46. The van der Waals surface area contributed by atoms with Gasteiger partial charge < -0.3 is 25.3 Å². The molecule has 3 aliphatic rings. The second-order valence-corrected chi connectivity index (χ2v) is 10.5. The molecule has 0 atom stereocenters. The largest absolute Gasteiger partial charge is 0.368 e. The minimum Gasteiger partial charge on any atom is -0.368 e. The number of nitrogens with one attached hydrogen (secondary N) is 2. The first kappa shape index (κ1) is 26.2. The number of amides is 3. The number of hydrogen-bond acceptors (Lipinski definition) is 6. The fourth-order valence-corrected chi connectivity index (χ4v) is 5.73. The van der Waals surface area contributed by atoms with Crippen molar-refractivity contribution in [3.05, 3.63) is 53.9 Å². The number of benzene rings is 1. The van der Waals surface area contributed by atoms with Crippen LogP contribution in [0.15, 0.2) is 42.7 Å². The highest BCUT2D eigenvalue weighted by Gasteiger charge is 2.26. The lowest BCUT2D eigenvalue weighted by Gasteiger charge is -2.29. The van der Waals surface area contributed by atoms with Crippen LogP contribution in [-0.4, -0.2) is 84.9 Å². The predicted octanol–water partition coefficient (Wildman–Crippen LogP) is 3.00. The summed E-state index contributed by atoms with van der Waals surface area (Å²) in [6.07, 6.45) is 9.27.